The van der Waals surface area contributed by atoms with Crippen LogP contribution in [0.2, 0.25) is 0 Å². The highest BCUT2D eigenvalue weighted by atomic mass is 19.1. The average Bonchev–Trinajstić information content (AvgIpc) is 2.40. The highest BCUT2D eigenvalue weighted by Gasteiger charge is 2.06. The maximum Gasteiger partial charge on any atom is 0.128 e. The molecule has 1 N–H and O–H groups in total. The van der Waals surface area contributed by atoms with E-state index in [1.54, 1.807) is 0 Å². The van der Waals surface area contributed by atoms with E-state index in [-0.39, 0.29) is 6.54 Å². The molecule has 0 aromatic heterocycles. The number of rotatable bonds is 4. The fraction of sp³-hybridized carbons (Fsp3) is 0.200. The van der Waals surface area contributed by atoms with Gasteiger partial charge in [-0.05, 0) is 30.3 Å². The second kappa shape index (κ2) is 5.69. The number of hydrogen-bond donors (Lipinski definition) is 1. The molecule has 19 heavy (non-hydrogen) atoms. The summed E-state index contributed by atoms with van der Waals surface area (Å²) in [6.07, 6.45) is 0. The van der Waals surface area contributed by atoms with Gasteiger partial charge in [0, 0.05) is 26.2 Å². The molecule has 0 aliphatic carbocycles. The van der Waals surface area contributed by atoms with Crippen molar-refractivity contribution in [2.45, 2.75) is 6.54 Å². The molecule has 0 amide bonds. The van der Waals surface area contributed by atoms with Crippen LogP contribution in [-0.4, -0.2) is 14.1 Å². The molecule has 2 nitrogen and oxygen atoms in total. The van der Waals surface area contributed by atoms with E-state index in [4.69, 9.17) is 0 Å². The predicted octanol–water partition coefficient (Wildman–Crippen LogP) is 3.64. The molecule has 0 unspecified atom stereocenters. The third-order valence-electron chi connectivity index (χ3n) is 2.86. The molecule has 0 spiro atoms. The van der Waals surface area contributed by atoms with Crippen LogP contribution in [0.25, 0.3) is 0 Å². The summed E-state index contributed by atoms with van der Waals surface area (Å²) < 4.78 is 26.6. The van der Waals surface area contributed by atoms with Gasteiger partial charge in [-0.25, -0.2) is 8.78 Å². The summed E-state index contributed by atoms with van der Waals surface area (Å²) >= 11 is 0. The Morgan fingerprint density at radius 2 is 1.79 bits per heavy atom. The number of benzene rings is 2. The van der Waals surface area contributed by atoms with Crippen LogP contribution in [0, 0.1) is 11.6 Å². The van der Waals surface area contributed by atoms with Gasteiger partial charge in [-0.15, -0.1) is 0 Å². The molecule has 0 heterocycles. The minimum Gasteiger partial charge on any atom is -0.379 e. The van der Waals surface area contributed by atoms with Crippen LogP contribution in [0.4, 0.5) is 20.2 Å². The Kier molecular flexibility index (Phi) is 4.00. The normalized spacial score (nSPS) is 10.3. The Morgan fingerprint density at radius 3 is 2.53 bits per heavy atom. The summed E-state index contributed by atoms with van der Waals surface area (Å²) in [5, 5.41) is 3.13. The molecule has 0 bridgehead atoms. The third-order valence-corrected chi connectivity index (χ3v) is 2.86. The summed E-state index contributed by atoms with van der Waals surface area (Å²) in [6, 6.07) is 11.2. The largest absolute Gasteiger partial charge is 0.379 e. The van der Waals surface area contributed by atoms with Crippen molar-refractivity contribution in [1.82, 2.24) is 0 Å². The summed E-state index contributed by atoms with van der Waals surface area (Å²) in [4.78, 5) is 1.96. The van der Waals surface area contributed by atoms with Crippen molar-refractivity contribution in [3.63, 3.8) is 0 Å². The Labute approximate surface area is 111 Å². The van der Waals surface area contributed by atoms with Crippen molar-refractivity contribution in [2.24, 2.45) is 0 Å². The molecule has 0 saturated carbocycles. The first-order valence-electron chi connectivity index (χ1n) is 6.02. The molecular formula is C15H16F2N2. The second-order valence-electron chi connectivity index (χ2n) is 4.50. The first-order valence-corrected chi connectivity index (χ1v) is 6.02. The lowest BCUT2D eigenvalue weighted by atomic mass is 10.2. The molecular weight excluding hydrogens is 246 g/mol. The molecule has 2 aromatic carbocycles. The molecule has 0 aliphatic rings. The van der Waals surface area contributed by atoms with Crippen molar-refractivity contribution in [3.8, 4) is 0 Å². The van der Waals surface area contributed by atoms with Gasteiger partial charge in [0.2, 0.25) is 0 Å². The van der Waals surface area contributed by atoms with Crippen molar-refractivity contribution in [2.75, 3.05) is 24.3 Å². The monoisotopic (exact) mass is 262 g/mol. The summed E-state index contributed by atoms with van der Waals surface area (Å²) in [7, 11) is 3.87. The van der Waals surface area contributed by atoms with E-state index in [0.29, 0.717) is 5.56 Å². The van der Waals surface area contributed by atoms with Crippen molar-refractivity contribution < 1.29 is 8.78 Å². The zero-order valence-electron chi connectivity index (χ0n) is 11.0. The second-order valence-corrected chi connectivity index (χ2v) is 4.50. The van der Waals surface area contributed by atoms with E-state index in [0.717, 1.165) is 23.5 Å². The quantitative estimate of drug-likeness (QED) is 0.905. The number of anilines is 2. The van der Waals surface area contributed by atoms with Gasteiger partial charge in [-0.2, -0.15) is 0 Å². The highest BCUT2D eigenvalue weighted by molar-refractivity contribution is 5.69. The van der Waals surface area contributed by atoms with Crippen molar-refractivity contribution >= 4 is 11.4 Å². The van der Waals surface area contributed by atoms with E-state index >= 15 is 0 Å². The van der Waals surface area contributed by atoms with Gasteiger partial charge < -0.3 is 10.2 Å². The lowest BCUT2D eigenvalue weighted by Gasteiger charge is -2.18. The van der Waals surface area contributed by atoms with Crippen LogP contribution < -0.4 is 10.2 Å². The zero-order chi connectivity index (χ0) is 13.8. The molecule has 100 valence electrons. The van der Waals surface area contributed by atoms with Gasteiger partial charge in [0.05, 0.1) is 11.4 Å². The number of nitrogens with one attached hydrogen (secondary N) is 1. The Hall–Kier alpha value is -2.10. The molecule has 0 fully saturated rings. The first-order chi connectivity index (χ1) is 9.08. The summed E-state index contributed by atoms with van der Waals surface area (Å²) in [5.74, 6) is -0.838. The van der Waals surface area contributed by atoms with Gasteiger partial charge in [0.1, 0.15) is 11.6 Å². The smallest absolute Gasteiger partial charge is 0.128 e. The van der Waals surface area contributed by atoms with E-state index in [2.05, 4.69) is 5.32 Å². The molecule has 0 atom stereocenters. The lowest BCUT2D eigenvalue weighted by Crippen LogP contribution is -2.12. The fourth-order valence-corrected chi connectivity index (χ4v) is 1.88. The predicted molar refractivity (Wildman–Crippen MR) is 74.5 cm³/mol. The van der Waals surface area contributed by atoms with Gasteiger partial charge in [0.15, 0.2) is 0 Å². The van der Waals surface area contributed by atoms with Crippen molar-refractivity contribution in [1.29, 1.82) is 0 Å². The summed E-state index contributed by atoms with van der Waals surface area (Å²) in [5.41, 5.74) is 2.20. The van der Waals surface area contributed by atoms with E-state index in [1.165, 1.54) is 6.07 Å². The fourth-order valence-electron chi connectivity index (χ4n) is 1.88. The SMILES string of the molecule is CN(C)c1ccccc1NCc1cc(F)ccc1F. The topological polar surface area (TPSA) is 15.3 Å². The minimum atomic E-state index is -0.431. The van der Waals surface area contributed by atoms with E-state index in [9.17, 15) is 8.78 Å². The molecule has 0 aliphatic heterocycles. The lowest BCUT2D eigenvalue weighted by molar-refractivity contribution is 0.587. The summed E-state index contributed by atoms with van der Waals surface area (Å²) in [6.45, 7) is 0.244. The third kappa shape index (κ3) is 3.22. The van der Waals surface area contributed by atoms with Crippen LogP contribution >= 0.6 is 0 Å². The van der Waals surface area contributed by atoms with E-state index < -0.39 is 11.6 Å². The van der Waals surface area contributed by atoms with Crippen LogP contribution in [0.1, 0.15) is 5.56 Å². The minimum absolute atomic E-state index is 0.244. The number of para-hydroxylation sites is 2. The first kappa shape index (κ1) is 13.3. The van der Waals surface area contributed by atoms with Crippen LogP contribution in [0.3, 0.4) is 0 Å². The molecule has 2 rings (SSSR count). The number of nitrogens with zero attached hydrogens (tertiary/aromatic N) is 1. The maximum absolute atomic E-state index is 13.5. The van der Waals surface area contributed by atoms with E-state index in [1.807, 2.05) is 43.3 Å². The van der Waals surface area contributed by atoms with Gasteiger partial charge in [-0.3, -0.25) is 0 Å². The average molecular weight is 262 g/mol. The molecule has 4 heteroatoms. The van der Waals surface area contributed by atoms with Gasteiger partial charge in [0.25, 0.3) is 0 Å². The van der Waals surface area contributed by atoms with Crippen LogP contribution in [-0.2, 0) is 6.54 Å². The van der Waals surface area contributed by atoms with Crippen LogP contribution in [0.15, 0.2) is 42.5 Å². The van der Waals surface area contributed by atoms with Gasteiger partial charge in [-0.1, -0.05) is 12.1 Å². The molecule has 2 aromatic rings. The molecule has 0 saturated heterocycles. The molecule has 0 radical (unpaired) electrons. The van der Waals surface area contributed by atoms with Crippen molar-refractivity contribution in [3.05, 3.63) is 59.7 Å². The standard InChI is InChI=1S/C15H16F2N2/c1-19(2)15-6-4-3-5-14(15)18-10-11-9-12(16)7-8-13(11)17/h3-9,18H,10H2,1-2H3. The Morgan fingerprint density at radius 1 is 1.05 bits per heavy atom. The number of hydrogen-bond acceptors (Lipinski definition) is 2. The van der Waals surface area contributed by atoms with Gasteiger partial charge >= 0.3 is 0 Å². The van der Waals surface area contributed by atoms with Crippen LogP contribution in [0.5, 0.6) is 0 Å². The zero-order valence-corrected chi connectivity index (χ0v) is 11.0. The highest BCUT2D eigenvalue weighted by Crippen LogP contribution is 2.24. The Bertz CT molecular complexity index is 568. The Balaban J connectivity index is 2.17. The number of halogens is 2. The maximum atomic E-state index is 13.5.